The lowest BCUT2D eigenvalue weighted by molar-refractivity contribution is 0.0711. The Morgan fingerprint density at radius 1 is 1.48 bits per heavy atom. The molecule has 6 nitrogen and oxygen atoms in total. The predicted octanol–water partition coefficient (Wildman–Crippen LogP) is 2.50. The first-order chi connectivity index (χ1) is 11.1. The molecule has 0 aromatic carbocycles. The second kappa shape index (κ2) is 6.55. The number of anilines is 1. The molecule has 1 aliphatic rings. The number of furan rings is 1. The van der Waals surface area contributed by atoms with Crippen LogP contribution in [0.25, 0.3) is 0 Å². The summed E-state index contributed by atoms with van der Waals surface area (Å²) in [4.78, 5) is 27.0. The van der Waals surface area contributed by atoms with Gasteiger partial charge >= 0.3 is 0 Å². The van der Waals surface area contributed by atoms with E-state index < -0.39 is 0 Å². The Balaban J connectivity index is 1.75. The molecule has 1 saturated carbocycles. The first-order valence-electron chi connectivity index (χ1n) is 7.47. The molecule has 7 heteroatoms. The second-order valence-electron chi connectivity index (χ2n) is 5.51. The van der Waals surface area contributed by atoms with E-state index >= 15 is 0 Å². The van der Waals surface area contributed by atoms with E-state index in [1.807, 2.05) is 6.92 Å². The maximum absolute atomic E-state index is 12.7. The zero-order chi connectivity index (χ0) is 16.4. The molecule has 2 N–H and O–H groups in total. The van der Waals surface area contributed by atoms with Gasteiger partial charge in [0, 0.05) is 12.6 Å². The van der Waals surface area contributed by atoms with Crippen LogP contribution in [0, 0.1) is 6.92 Å². The van der Waals surface area contributed by atoms with Gasteiger partial charge in [0.15, 0.2) is 5.76 Å². The van der Waals surface area contributed by atoms with E-state index in [9.17, 15) is 9.59 Å². The third-order valence-electron chi connectivity index (χ3n) is 3.68. The summed E-state index contributed by atoms with van der Waals surface area (Å²) in [5, 5.41) is 12.5. The summed E-state index contributed by atoms with van der Waals surface area (Å²) in [6.07, 6.45) is 3.41. The smallest absolute Gasteiger partial charge is 0.291 e. The fraction of sp³-hybridized carbons (Fsp3) is 0.375. The van der Waals surface area contributed by atoms with Crippen LogP contribution in [0.15, 0.2) is 28.9 Å². The number of carbonyl (C=O) groups excluding carboxylic acids is 2. The van der Waals surface area contributed by atoms with Crippen molar-refractivity contribution in [3.63, 3.8) is 0 Å². The number of nitrogens with zero attached hydrogens (tertiary/aromatic N) is 1. The molecule has 1 aliphatic carbocycles. The van der Waals surface area contributed by atoms with Crippen molar-refractivity contribution in [2.45, 2.75) is 25.8 Å². The Kier molecular flexibility index (Phi) is 4.49. The first-order valence-corrected chi connectivity index (χ1v) is 8.29. The Bertz CT molecular complexity index is 704. The van der Waals surface area contributed by atoms with Crippen LogP contribution in [-0.2, 0) is 0 Å². The molecule has 0 spiro atoms. The summed E-state index contributed by atoms with van der Waals surface area (Å²) in [6, 6.07) is 5.24. The van der Waals surface area contributed by atoms with E-state index in [4.69, 9.17) is 9.52 Å². The lowest BCUT2D eigenvalue weighted by Gasteiger charge is -2.20. The Labute approximate surface area is 137 Å². The highest BCUT2D eigenvalue weighted by atomic mass is 32.1. The van der Waals surface area contributed by atoms with Gasteiger partial charge < -0.3 is 19.7 Å². The third-order valence-corrected chi connectivity index (χ3v) is 4.82. The highest BCUT2D eigenvalue weighted by molar-refractivity contribution is 7.18. The van der Waals surface area contributed by atoms with Crippen LogP contribution in [-0.4, -0.2) is 41.0 Å². The lowest BCUT2D eigenvalue weighted by Crippen LogP contribution is -2.35. The standard InChI is InChI=1S/C16H18N2O4S/c1-10-9-13(17-15(20)12-3-2-8-22-12)23-14(10)16(21)18(6-7-19)11-4-5-11/h2-3,8-9,11,19H,4-7H2,1H3,(H,17,20). The van der Waals surface area contributed by atoms with Crippen molar-refractivity contribution in [3.05, 3.63) is 40.7 Å². The van der Waals surface area contributed by atoms with Crippen molar-refractivity contribution in [1.29, 1.82) is 0 Å². The average Bonchev–Trinajstić information content (AvgIpc) is 3.07. The summed E-state index contributed by atoms with van der Waals surface area (Å²) < 4.78 is 5.05. The van der Waals surface area contributed by atoms with Gasteiger partial charge in [-0.1, -0.05) is 0 Å². The molecule has 0 atom stereocenters. The molecule has 122 valence electrons. The van der Waals surface area contributed by atoms with Crippen molar-refractivity contribution in [2.75, 3.05) is 18.5 Å². The van der Waals surface area contributed by atoms with Crippen molar-refractivity contribution in [3.8, 4) is 0 Å². The van der Waals surface area contributed by atoms with Gasteiger partial charge in [-0.05, 0) is 43.5 Å². The molecule has 0 aliphatic heterocycles. The molecule has 23 heavy (non-hydrogen) atoms. The number of aliphatic hydroxyl groups excluding tert-OH is 1. The number of thiophene rings is 1. The zero-order valence-corrected chi connectivity index (χ0v) is 13.6. The second-order valence-corrected chi connectivity index (χ2v) is 6.56. The van der Waals surface area contributed by atoms with Crippen LogP contribution in [0.4, 0.5) is 5.00 Å². The molecule has 2 aromatic heterocycles. The van der Waals surface area contributed by atoms with E-state index in [0.29, 0.717) is 16.4 Å². The fourth-order valence-corrected chi connectivity index (χ4v) is 3.44. The predicted molar refractivity (Wildman–Crippen MR) is 86.9 cm³/mol. The van der Waals surface area contributed by atoms with Gasteiger partial charge in [-0.3, -0.25) is 9.59 Å². The summed E-state index contributed by atoms with van der Waals surface area (Å²) in [6.45, 7) is 2.14. The minimum absolute atomic E-state index is 0.0469. The van der Waals surface area contributed by atoms with E-state index in [2.05, 4.69) is 5.32 Å². The number of rotatable bonds is 6. The van der Waals surface area contributed by atoms with E-state index in [1.54, 1.807) is 23.1 Å². The fourth-order valence-electron chi connectivity index (χ4n) is 2.41. The first kappa shape index (κ1) is 15.8. The Morgan fingerprint density at radius 3 is 2.87 bits per heavy atom. The van der Waals surface area contributed by atoms with Crippen LogP contribution in [0.3, 0.4) is 0 Å². The normalized spacial score (nSPS) is 13.8. The van der Waals surface area contributed by atoms with E-state index in [1.165, 1.54) is 17.6 Å². The van der Waals surface area contributed by atoms with Crippen LogP contribution in [0.1, 0.15) is 38.6 Å². The Hall–Kier alpha value is -2.12. The molecule has 0 radical (unpaired) electrons. The number of amides is 2. The molecule has 1 fully saturated rings. The number of carbonyl (C=O) groups is 2. The monoisotopic (exact) mass is 334 g/mol. The van der Waals surface area contributed by atoms with E-state index in [0.717, 1.165) is 18.4 Å². The van der Waals surface area contributed by atoms with Crippen molar-refractivity contribution in [1.82, 2.24) is 4.90 Å². The van der Waals surface area contributed by atoms with Crippen molar-refractivity contribution in [2.24, 2.45) is 0 Å². The SMILES string of the molecule is Cc1cc(NC(=O)c2ccco2)sc1C(=O)N(CCO)C1CC1. The number of nitrogens with one attached hydrogen (secondary N) is 1. The van der Waals surface area contributed by atoms with Crippen LogP contribution >= 0.6 is 11.3 Å². The number of aliphatic hydroxyl groups is 1. The minimum Gasteiger partial charge on any atom is -0.459 e. The molecule has 2 amide bonds. The largest absolute Gasteiger partial charge is 0.459 e. The van der Waals surface area contributed by atoms with Crippen LogP contribution in [0.5, 0.6) is 0 Å². The van der Waals surface area contributed by atoms with Gasteiger partial charge in [-0.2, -0.15) is 0 Å². The summed E-state index contributed by atoms with van der Waals surface area (Å²) in [5.74, 6) is -0.198. The van der Waals surface area contributed by atoms with Crippen LogP contribution < -0.4 is 5.32 Å². The summed E-state index contributed by atoms with van der Waals surface area (Å²) >= 11 is 1.25. The minimum atomic E-state index is -0.343. The van der Waals surface area contributed by atoms with E-state index in [-0.39, 0.29) is 30.2 Å². The van der Waals surface area contributed by atoms with Gasteiger partial charge in [-0.25, -0.2) is 0 Å². The number of aryl methyl sites for hydroxylation is 1. The topological polar surface area (TPSA) is 82.8 Å². The highest BCUT2D eigenvalue weighted by Crippen LogP contribution is 2.33. The average molecular weight is 334 g/mol. The molecular weight excluding hydrogens is 316 g/mol. The van der Waals surface area contributed by atoms with Gasteiger partial charge in [0.2, 0.25) is 0 Å². The molecule has 2 heterocycles. The molecular formula is C16H18N2O4S. The molecule has 2 aromatic rings. The summed E-state index contributed by atoms with van der Waals surface area (Å²) in [5.41, 5.74) is 0.818. The van der Waals surface area contributed by atoms with Crippen LogP contribution in [0.2, 0.25) is 0 Å². The lowest BCUT2D eigenvalue weighted by atomic mass is 10.2. The number of hydrogen-bond acceptors (Lipinski definition) is 5. The maximum atomic E-state index is 12.7. The molecule has 0 unspecified atom stereocenters. The van der Waals surface area contributed by atoms with Gasteiger partial charge in [0.05, 0.1) is 22.7 Å². The summed E-state index contributed by atoms with van der Waals surface area (Å²) in [7, 11) is 0. The van der Waals surface area contributed by atoms with Crippen molar-refractivity contribution < 1.29 is 19.1 Å². The van der Waals surface area contributed by atoms with Gasteiger partial charge in [0.25, 0.3) is 11.8 Å². The number of hydrogen-bond donors (Lipinski definition) is 2. The molecule has 3 rings (SSSR count). The maximum Gasteiger partial charge on any atom is 0.291 e. The van der Waals surface area contributed by atoms with Crippen molar-refractivity contribution >= 4 is 28.2 Å². The quantitative estimate of drug-likeness (QED) is 0.850. The third kappa shape index (κ3) is 3.46. The Morgan fingerprint density at radius 2 is 2.26 bits per heavy atom. The van der Waals surface area contributed by atoms with Gasteiger partial charge in [-0.15, -0.1) is 11.3 Å². The van der Waals surface area contributed by atoms with Gasteiger partial charge in [0.1, 0.15) is 0 Å². The highest BCUT2D eigenvalue weighted by Gasteiger charge is 2.33. The molecule has 0 bridgehead atoms. The molecule has 0 saturated heterocycles. The zero-order valence-electron chi connectivity index (χ0n) is 12.7.